The van der Waals surface area contributed by atoms with Gasteiger partial charge in [0.15, 0.2) is 0 Å². The van der Waals surface area contributed by atoms with Crippen LogP contribution in [0.5, 0.6) is 0 Å². The quantitative estimate of drug-likeness (QED) is 0.691. The van der Waals surface area contributed by atoms with Crippen molar-refractivity contribution >= 4 is 28.9 Å². The highest BCUT2D eigenvalue weighted by Gasteiger charge is 2.31. The summed E-state index contributed by atoms with van der Waals surface area (Å²) in [5, 5.41) is 15.0. The zero-order valence-corrected chi connectivity index (χ0v) is 14.7. The Bertz CT molecular complexity index is 851. The number of alkyl halides is 3. The number of nitrogens with one attached hydrogen (secondary N) is 2. The molecule has 5 nitrogen and oxygen atoms in total. The first-order valence-electron chi connectivity index (χ1n) is 7.85. The molecule has 0 saturated heterocycles. The summed E-state index contributed by atoms with van der Waals surface area (Å²) in [5.41, 5.74) is 5.19. The number of rotatable bonds is 6. The van der Waals surface area contributed by atoms with Gasteiger partial charge in [0.05, 0.1) is 28.4 Å². The molecule has 0 heterocycles. The molecule has 0 spiro atoms. The van der Waals surface area contributed by atoms with Crippen molar-refractivity contribution in [2.45, 2.75) is 12.2 Å². The SMILES string of the molecule is N#CC(C(=O)Nc1cccc(C(F)(F)F)c1)C(CN)Nc1ccccc1Cl. The molecule has 0 bridgehead atoms. The molecule has 0 aliphatic rings. The van der Waals surface area contributed by atoms with E-state index in [1.807, 2.05) is 6.07 Å². The zero-order chi connectivity index (χ0) is 20.0. The molecule has 2 unspecified atom stereocenters. The topological polar surface area (TPSA) is 90.9 Å². The predicted octanol–water partition coefficient (Wildman–Crippen LogP) is 3.88. The van der Waals surface area contributed by atoms with E-state index in [4.69, 9.17) is 17.3 Å². The number of carbonyl (C=O) groups excluding carboxylic acids is 1. The van der Waals surface area contributed by atoms with Gasteiger partial charge in [-0.25, -0.2) is 0 Å². The number of amides is 1. The maximum absolute atomic E-state index is 12.8. The lowest BCUT2D eigenvalue weighted by molar-refractivity contribution is -0.137. The van der Waals surface area contributed by atoms with Crippen LogP contribution in [0.3, 0.4) is 0 Å². The zero-order valence-electron chi connectivity index (χ0n) is 13.9. The number of halogens is 4. The molecular formula is C18H16ClF3N4O. The molecule has 9 heteroatoms. The Kier molecular flexibility index (Phi) is 6.66. The Morgan fingerprint density at radius 2 is 1.93 bits per heavy atom. The molecule has 4 N–H and O–H groups in total. The summed E-state index contributed by atoms with van der Waals surface area (Å²) in [4.78, 5) is 12.4. The normalized spacial score (nSPS) is 13.3. The second kappa shape index (κ2) is 8.75. The van der Waals surface area contributed by atoms with Crippen molar-refractivity contribution < 1.29 is 18.0 Å². The summed E-state index contributed by atoms with van der Waals surface area (Å²) >= 11 is 6.05. The van der Waals surface area contributed by atoms with Crippen LogP contribution < -0.4 is 16.4 Å². The predicted molar refractivity (Wildman–Crippen MR) is 97.1 cm³/mol. The van der Waals surface area contributed by atoms with E-state index in [9.17, 15) is 23.2 Å². The lowest BCUT2D eigenvalue weighted by atomic mass is 9.99. The largest absolute Gasteiger partial charge is 0.416 e. The number of hydrogen-bond acceptors (Lipinski definition) is 4. The number of hydrogen-bond donors (Lipinski definition) is 3. The molecule has 0 aliphatic carbocycles. The van der Waals surface area contributed by atoms with Gasteiger partial charge in [0, 0.05) is 12.2 Å². The molecule has 0 aliphatic heterocycles. The maximum atomic E-state index is 12.8. The van der Waals surface area contributed by atoms with Crippen molar-refractivity contribution in [3.05, 3.63) is 59.1 Å². The van der Waals surface area contributed by atoms with Gasteiger partial charge >= 0.3 is 6.18 Å². The fraction of sp³-hybridized carbons (Fsp3) is 0.222. The highest BCUT2D eigenvalue weighted by atomic mass is 35.5. The number of nitrogens with zero attached hydrogens (tertiary/aromatic N) is 1. The summed E-state index contributed by atoms with van der Waals surface area (Å²) < 4.78 is 38.4. The molecule has 0 fully saturated rings. The first kappa shape index (κ1) is 20.6. The van der Waals surface area contributed by atoms with Crippen molar-refractivity contribution in [1.29, 1.82) is 5.26 Å². The van der Waals surface area contributed by atoms with Gasteiger partial charge in [-0.05, 0) is 30.3 Å². The molecule has 0 aromatic heterocycles. The van der Waals surface area contributed by atoms with Gasteiger partial charge in [-0.2, -0.15) is 18.4 Å². The molecule has 1 amide bonds. The molecule has 142 valence electrons. The standard InChI is InChI=1S/C18H16ClF3N4O/c19-14-6-1-2-7-15(14)26-16(10-24)13(9-23)17(27)25-12-5-3-4-11(8-12)18(20,21)22/h1-8,13,16,26H,10,24H2,(H,25,27). The number of benzene rings is 2. The smallest absolute Gasteiger partial charge is 0.378 e. The number of anilines is 2. The minimum absolute atomic E-state index is 0.0661. The molecule has 0 radical (unpaired) electrons. The third-order valence-corrected chi connectivity index (χ3v) is 4.08. The lowest BCUT2D eigenvalue weighted by Gasteiger charge is -2.23. The van der Waals surface area contributed by atoms with Crippen LogP contribution in [-0.2, 0) is 11.0 Å². The minimum atomic E-state index is -4.54. The molecule has 2 rings (SSSR count). The van der Waals surface area contributed by atoms with Gasteiger partial charge in [0.1, 0.15) is 5.92 Å². The first-order chi connectivity index (χ1) is 12.8. The molecule has 0 saturated carbocycles. The second-order valence-electron chi connectivity index (χ2n) is 5.64. The Balaban J connectivity index is 2.17. The van der Waals surface area contributed by atoms with Crippen LogP contribution in [0.25, 0.3) is 0 Å². The summed E-state index contributed by atoms with van der Waals surface area (Å²) in [7, 11) is 0. The fourth-order valence-corrected chi connectivity index (χ4v) is 2.57. The highest BCUT2D eigenvalue weighted by Crippen LogP contribution is 2.31. The summed E-state index contributed by atoms with van der Waals surface area (Å²) in [5.74, 6) is -2.02. The molecule has 2 aromatic rings. The van der Waals surface area contributed by atoms with Gasteiger partial charge in [-0.15, -0.1) is 0 Å². The Hall–Kier alpha value is -2.76. The van der Waals surface area contributed by atoms with E-state index in [1.54, 1.807) is 24.3 Å². The van der Waals surface area contributed by atoms with E-state index in [0.29, 0.717) is 10.7 Å². The molecular weight excluding hydrogens is 381 g/mol. The van der Waals surface area contributed by atoms with Crippen LogP contribution >= 0.6 is 11.6 Å². The monoisotopic (exact) mass is 396 g/mol. The molecule has 27 heavy (non-hydrogen) atoms. The Morgan fingerprint density at radius 3 is 2.52 bits per heavy atom. The number of para-hydroxylation sites is 1. The minimum Gasteiger partial charge on any atom is -0.378 e. The molecule has 2 atom stereocenters. The van der Waals surface area contributed by atoms with Crippen molar-refractivity contribution in [2.24, 2.45) is 11.7 Å². The Morgan fingerprint density at radius 1 is 1.22 bits per heavy atom. The third kappa shape index (κ3) is 5.36. The van der Waals surface area contributed by atoms with Crippen LogP contribution in [0.4, 0.5) is 24.5 Å². The average Bonchev–Trinajstić information content (AvgIpc) is 2.62. The maximum Gasteiger partial charge on any atom is 0.416 e. The summed E-state index contributed by atoms with van der Waals surface area (Å²) in [6.45, 7) is -0.0700. The highest BCUT2D eigenvalue weighted by molar-refractivity contribution is 6.33. The van der Waals surface area contributed by atoms with E-state index < -0.39 is 29.6 Å². The van der Waals surface area contributed by atoms with Crippen LogP contribution in [0.1, 0.15) is 5.56 Å². The van der Waals surface area contributed by atoms with Crippen LogP contribution in [0, 0.1) is 17.2 Å². The van der Waals surface area contributed by atoms with Gasteiger partial charge in [0.25, 0.3) is 0 Å². The Labute approximate surface area is 158 Å². The van der Waals surface area contributed by atoms with E-state index in [0.717, 1.165) is 12.1 Å². The number of carbonyl (C=O) groups is 1. The van der Waals surface area contributed by atoms with E-state index >= 15 is 0 Å². The van der Waals surface area contributed by atoms with E-state index in [1.165, 1.54) is 12.1 Å². The third-order valence-electron chi connectivity index (χ3n) is 3.75. The number of nitrogens with two attached hydrogens (primary N) is 1. The summed E-state index contributed by atoms with van der Waals surface area (Å²) in [6, 6.07) is 11.9. The van der Waals surface area contributed by atoms with Crippen LogP contribution in [0.15, 0.2) is 48.5 Å². The van der Waals surface area contributed by atoms with Crippen molar-refractivity contribution in [3.8, 4) is 6.07 Å². The number of nitriles is 1. The second-order valence-corrected chi connectivity index (χ2v) is 6.05. The van der Waals surface area contributed by atoms with Crippen molar-refractivity contribution in [2.75, 3.05) is 17.2 Å². The first-order valence-corrected chi connectivity index (χ1v) is 8.23. The van der Waals surface area contributed by atoms with Gasteiger partial charge < -0.3 is 16.4 Å². The van der Waals surface area contributed by atoms with Crippen molar-refractivity contribution in [1.82, 2.24) is 0 Å². The lowest BCUT2D eigenvalue weighted by Crippen LogP contribution is -2.42. The van der Waals surface area contributed by atoms with Gasteiger partial charge in [-0.1, -0.05) is 29.8 Å². The fourth-order valence-electron chi connectivity index (χ4n) is 2.38. The van der Waals surface area contributed by atoms with E-state index in [2.05, 4.69) is 10.6 Å². The van der Waals surface area contributed by atoms with E-state index in [-0.39, 0.29) is 12.2 Å². The van der Waals surface area contributed by atoms with Crippen molar-refractivity contribution in [3.63, 3.8) is 0 Å². The van der Waals surface area contributed by atoms with Crippen LogP contribution in [0.2, 0.25) is 5.02 Å². The van der Waals surface area contributed by atoms with Gasteiger partial charge in [-0.3, -0.25) is 4.79 Å². The summed E-state index contributed by atoms with van der Waals surface area (Å²) in [6.07, 6.45) is -4.54. The average molecular weight is 397 g/mol. The van der Waals surface area contributed by atoms with Crippen LogP contribution in [-0.4, -0.2) is 18.5 Å². The van der Waals surface area contributed by atoms with Gasteiger partial charge in [0.2, 0.25) is 5.91 Å². The molecule has 2 aromatic carbocycles.